The van der Waals surface area contributed by atoms with Gasteiger partial charge in [-0.25, -0.2) is 0 Å². The van der Waals surface area contributed by atoms with Crippen LogP contribution in [-0.2, 0) is 4.79 Å². The SMILES string of the molecule is CN(C(=O)C1CCCCCCC1)[C@@H]1CNC[C@H]1O. The van der Waals surface area contributed by atoms with E-state index in [0.29, 0.717) is 6.54 Å². The molecule has 2 aliphatic rings. The molecule has 1 heterocycles. The van der Waals surface area contributed by atoms with Crippen LogP contribution in [0.2, 0.25) is 0 Å². The van der Waals surface area contributed by atoms with Gasteiger partial charge in [-0.2, -0.15) is 0 Å². The number of rotatable bonds is 2. The van der Waals surface area contributed by atoms with E-state index in [1.165, 1.54) is 32.1 Å². The highest BCUT2D eigenvalue weighted by molar-refractivity contribution is 5.79. The van der Waals surface area contributed by atoms with Gasteiger partial charge in [-0.15, -0.1) is 0 Å². The molecule has 1 aliphatic heterocycles. The number of carbonyl (C=O) groups excluding carboxylic acids is 1. The van der Waals surface area contributed by atoms with Crippen molar-refractivity contribution in [1.82, 2.24) is 10.2 Å². The van der Waals surface area contributed by atoms with Crippen molar-refractivity contribution in [3.05, 3.63) is 0 Å². The molecule has 1 saturated heterocycles. The van der Waals surface area contributed by atoms with E-state index in [1.807, 2.05) is 7.05 Å². The van der Waals surface area contributed by atoms with Crippen LogP contribution in [0.15, 0.2) is 0 Å². The quantitative estimate of drug-likeness (QED) is 0.777. The molecule has 1 aliphatic carbocycles. The number of β-amino-alcohol motifs (C(OH)–C–C–N with tert-alkyl or cyclic N) is 1. The second kappa shape index (κ2) is 6.53. The lowest BCUT2D eigenvalue weighted by atomic mass is 9.90. The average molecular weight is 254 g/mol. The Hall–Kier alpha value is -0.610. The monoisotopic (exact) mass is 254 g/mol. The van der Waals surface area contributed by atoms with Gasteiger partial charge in [-0.3, -0.25) is 4.79 Å². The summed E-state index contributed by atoms with van der Waals surface area (Å²) in [6, 6.07) is -0.0389. The normalized spacial score (nSPS) is 30.8. The summed E-state index contributed by atoms with van der Waals surface area (Å²) in [5, 5.41) is 13.0. The van der Waals surface area contributed by atoms with Crippen molar-refractivity contribution in [2.45, 2.75) is 57.1 Å². The molecule has 18 heavy (non-hydrogen) atoms. The largest absolute Gasteiger partial charge is 0.390 e. The van der Waals surface area contributed by atoms with Crippen molar-refractivity contribution < 1.29 is 9.90 Å². The Labute approximate surface area is 110 Å². The van der Waals surface area contributed by atoms with Crippen LogP contribution in [0.25, 0.3) is 0 Å². The lowest BCUT2D eigenvalue weighted by Gasteiger charge is -2.30. The molecule has 0 bridgehead atoms. The molecule has 1 saturated carbocycles. The fraction of sp³-hybridized carbons (Fsp3) is 0.929. The zero-order chi connectivity index (χ0) is 13.0. The molecular formula is C14H26N2O2. The van der Waals surface area contributed by atoms with Gasteiger partial charge in [0, 0.05) is 26.1 Å². The molecule has 1 amide bonds. The third kappa shape index (κ3) is 3.23. The van der Waals surface area contributed by atoms with Gasteiger partial charge in [0.25, 0.3) is 0 Å². The molecule has 0 aromatic heterocycles. The topological polar surface area (TPSA) is 52.6 Å². The standard InChI is InChI=1S/C14H26N2O2/c1-16(12-9-15-10-13(12)17)14(18)11-7-5-3-2-4-6-8-11/h11-13,15,17H,2-10H2,1H3/t12-,13-/m1/s1. The second-order valence-electron chi connectivity index (χ2n) is 5.78. The van der Waals surface area contributed by atoms with Crippen LogP contribution in [0.5, 0.6) is 0 Å². The summed E-state index contributed by atoms with van der Waals surface area (Å²) < 4.78 is 0. The van der Waals surface area contributed by atoms with E-state index in [-0.39, 0.29) is 17.9 Å². The van der Waals surface area contributed by atoms with Crippen LogP contribution < -0.4 is 5.32 Å². The third-order valence-electron chi connectivity index (χ3n) is 4.45. The molecule has 0 spiro atoms. The van der Waals surface area contributed by atoms with E-state index < -0.39 is 6.10 Å². The Morgan fingerprint density at radius 3 is 2.28 bits per heavy atom. The summed E-state index contributed by atoms with van der Waals surface area (Å²) in [6.45, 7) is 1.32. The second-order valence-corrected chi connectivity index (χ2v) is 5.78. The number of carbonyl (C=O) groups is 1. The lowest BCUT2D eigenvalue weighted by Crippen LogP contribution is -2.46. The molecule has 0 unspecified atom stereocenters. The number of nitrogens with one attached hydrogen (secondary N) is 1. The van der Waals surface area contributed by atoms with Crippen molar-refractivity contribution in [2.24, 2.45) is 5.92 Å². The molecule has 2 atom stereocenters. The van der Waals surface area contributed by atoms with Crippen LogP contribution >= 0.6 is 0 Å². The number of hydrogen-bond donors (Lipinski definition) is 2. The number of likely N-dealkylation sites (N-methyl/N-ethyl adjacent to an activating group) is 1. The predicted octanol–water partition coefficient (Wildman–Crippen LogP) is 1.14. The third-order valence-corrected chi connectivity index (χ3v) is 4.45. The van der Waals surface area contributed by atoms with E-state index in [4.69, 9.17) is 0 Å². The number of amides is 1. The number of aliphatic hydroxyl groups excluding tert-OH is 1. The van der Waals surface area contributed by atoms with Crippen molar-refractivity contribution in [1.29, 1.82) is 0 Å². The Morgan fingerprint density at radius 1 is 1.11 bits per heavy atom. The van der Waals surface area contributed by atoms with Crippen LogP contribution in [0.1, 0.15) is 44.9 Å². The number of nitrogens with zero attached hydrogens (tertiary/aromatic N) is 1. The van der Waals surface area contributed by atoms with Crippen molar-refractivity contribution in [3.63, 3.8) is 0 Å². The Kier molecular flexibility index (Phi) is 5.01. The molecule has 0 aromatic rings. The summed E-state index contributed by atoms with van der Waals surface area (Å²) in [5.41, 5.74) is 0. The van der Waals surface area contributed by atoms with Gasteiger partial charge < -0.3 is 15.3 Å². The minimum absolute atomic E-state index is 0.0389. The highest BCUT2D eigenvalue weighted by atomic mass is 16.3. The maximum atomic E-state index is 12.5. The summed E-state index contributed by atoms with van der Waals surface area (Å²) >= 11 is 0. The molecule has 4 nitrogen and oxygen atoms in total. The lowest BCUT2D eigenvalue weighted by molar-refractivity contribution is -0.138. The first-order chi connectivity index (χ1) is 8.70. The molecular weight excluding hydrogens is 228 g/mol. The van der Waals surface area contributed by atoms with Crippen molar-refractivity contribution in [2.75, 3.05) is 20.1 Å². The van der Waals surface area contributed by atoms with Gasteiger partial charge in [0.1, 0.15) is 0 Å². The number of aliphatic hydroxyl groups is 1. The fourth-order valence-corrected chi connectivity index (χ4v) is 3.20. The first kappa shape index (κ1) is 13.8. The minimum atomic E-state index is -0.410. The van der Waals surface area contributed by atoms with Crippen molar-refractivity contribution >= 4 is 5.91 Å². The highest BCUT2D eigenvalue weighted by Gasteiger charge is 2.33. The van der Waals surface area contributed by atoms with Crippen LogP contribution in [0.3, 0.4) is 0 Å². The first-order valence-electron chi connectivity index (χ1n) is 7.35. The Bertz CT molecular complexity index is 275. The van der Waals surface area contributed by atoms with Gasteiger partial charge in [0.15, 0.2) is 0 Å². The van der Waals surface area contributed by atoms with Crippen LogP contribution in [-0.4, -0.2) is 48.2 Å². The fourth-order valence-electron chi connectivity index (χ4n) is 3.20. The van der Waals surface area contributed by atoms with Crippen LogP contribution in [0, 0.1) is 5.92 Å². The zero-order valence-corrected chi connectivity index (χ0v) is 11.4. The van der Waals surface area contributed by atoms with Gasteiger partial charge in [0.2, 0.25) is 5.91 Å². The molecule has 0 aromatic carbocycles. The van der Waals surface area contributed by atoms with E-state index >= 15 is 0 Å². The Balaban J connectivity index is 1.91. The molecule has 4 heteroatoms. The zero-order valence-electron chi connectivity index (χ0n) is 11.4. The smallest absolute Gasteiger partial charge is 0.225 e. The van der Waals surface area contributed by atoms with E-state index in [0.717, 1.165) is 19.4 Å². The molecule has 2 fully saturated rings. The predicted molar refractivity (Wildman–Crippen MR) is 71.2 cm³/mol. The van der Waals surface area contributed by atoms with Gasteiger partial charge in [0.05, 0.1) is 12.1 Å². The molecule has 104 valence electrons. The number of hydrogen-bond acceptors (Lipinski definition) is 3. The summed E-state index contributed by atoms with van der Waals surface area (Å²) in [5.74, 6) is 0.424. The van der Waals surface area contributed by atoms with Crippen molar-refractivity contribution in [3.8, 4) is 0 Å². The van der Waals surface area contributed by atoms with E-state index in [2.05, 4.69) is 5.32 Å². The van der Waals surface area contributed by atoms with E-state index in [1.54, 1.807) is 4.90 Å². The first-order valence-corrected chi connectivity index (χ1v) is 7.35. The summed E-state index contributed by atoms with van der Waals surface area (Å²) in [6.07, 6.45) is 7.85. The van der Waals surface area contributed by atoms with E-state index in [9.17, 15) is 9.90 Å². The summed E-state index contributed by atoms with van der Waals surface area (Å²) in [7, 11) is 1.85. The molecule has 0 radical (unpaired) electrons. The van der Waals surface area contributed by atoms with Gasteiger partial charge >= 0.3 is 0 Å². The average Bonchev–Trinajstić information content (AvgIpc) is 2.73. The molecule has 2 N–H and O–H groups in total. The van der Waals surface area contributed by atoms with Crippen LogP contribution in [0.4, 0.5) is 0 Å². The maximum absolute atomic E-state index is 12.5. The maximum Gasteiger partial charge on any atom is 0.225 e. The van der Waals surface area contributed by atoms with Gasteiger partial charge in [-0.05, 0) is 12.8 Å². The summed E-state index contributed by atoms with van der Waals surface area (Å²) in [4.78, 5) is 14.3. The highest BCUT2D eigenvalue weighted by Crippen LogP contribution is 2.25. The minimum Gasteiger partial charge on any atom is -0.390 e. The Morgan fingerprint density at radius 2 is 1.72 bits per heavy atom. The van der Waals surface area contributed by atoms with Gasteiger partial charge in [-0.1, -0.05) is 32.1 Å². The molecule has 2 rings (SSSR count).